The maximum Gasteiger partial charge on any atom is 0.417 e. The summed E-state index contributed by atoms with van der Waals surface area (Å²) in [5, 5.41) is 4.72. The molecule has 0 unspecified atom stereocenters. The van der Waals surface area contributed by atoms with E-state index in [2.05, 4.69) is 11.4 Å². The summed E-state index contributed by atoms with van der Waals surface area (Å²) in [4.78, 5) is 11.8. The van der Waals surface area contributed by atoms with Crippen LogP contribution in [0.25, 0.3) is 10.8 Å². The maximum absolute atomic E-state index is 11.8. The highest BCUT2D eigenvalue weighted by atomic mass is 16.6. The van der Waals surface area contributed by atoms with Crippen molar-refractivity contribution in [3.8, 4) is 5.75 Å². The minimum absolute atomic E-state index is 0.400. The standard InChI is InChI=1S/C17H12NO2/c19-17(18-15-8-2-1-3-9-15)20-16-11-10-13-6-4-5-7-14(13)12-16/h1-10,12H,(H,18,19). The SMILES string of the molecule is O=C(Nc1ccccc1)Oc1[c]cc2ccccc2c1. The Balaban J connectivity index is 1.74. The van der Waals surface area contributed by atoms with E-state index in [0.717, 1.165) is 10.8 Å². The van der Waals surface area contributed by atoms with E-state index < -0.39 is 6.09 Å². The van der Waals surface area contributed by atoms with Crippen molar-refractivity contribution in [2.45, 2.75) is 0 Å². The fourth-order valence-electron chi connectivity index (χ4n) is 1.93. The molecule has 1 amide bonds. The van der Waals surface area contributed by atoms with Crippen LogP contribution in [-0.2, 0) is 0 Å². The quantitative estimate of drug-likeness (QED) is 0.749. The number of amides is 1. The highest BCUT2D eigenvalue weighted by Crippen LogP contribution is 2.20. The number of carbonyl (C=O) groups excluding carboxylic acids is 1. The van der Waals surface area contributed by atoms with Gasteiger partial charge in [0, 0.05) is 11.8 Å². The first-order chi connectivity index (χ1) is 9.81. The average molecular weight is 262 g/mol. The molecule has 3 nitrogen and oxygen atoms in total. The van der Waals surface area contributed by atoms with E-state index in [0.29, 0.717) is 11.4 Å². The number of rotatable bonds is 2. The predicted molar refractivity (Wildman–Crippen MR) is 78.9 cm³/mol. The first-order valence-corrected chi connectivity index (χ1v) is 6.26. The van der Waals surface area contributed by atoms with Crippen molar-refractivity contribution < 1.29 is 9.53 Å². The number of ether oxygens (including phenoxy) is 1. The van der Waals surface area contributed by atoms with Crippen molar-refractivity contribution in [1.82, 2.24) is 0 Å². The van der Waals surface area contributed by atoms with Crippen molar-refractivity contribution in [2.75, 3.05) is 5.32 Å². The molecule has 3 rings (SSSR count). The third-order valence-corrected chi connectivity index (χ3v) is 2.88. The zero-order valence-electron chi connectivity index (χ0n) is 10.7. The van der Waals surface area contributed by atoms with Crippen LogP contribution < -0.4 is 10.1 Å². The molecule has 3 aromatic carbocycles. The largest absolute Gasteiger partial charge is 0.417 e. The van der Waals surface area contributed by atoms with E-state index in [-0.39, 0.29) is 0 Å². The lowest BCUT2D eigenvalue weighted by Crippen LogP contribution is -2.16. The van der Waals surface area contributed by atoms with Gasteiger partial charge in [0.25, 0.3) is 0 Å². The minimum atomic E-state index is -0.525. The molecule has 0 aliphatic rings. The van der Waals surface area contributed by atoms with Crippen LogP contribution in [0.15, 0.2) is 66.7 Å². The Labute approximate surface area is 116 Å². The molecular weight excluding hydrogens is 250 g/mol. The number of anilines is 1. The topological polar surface area (TPSA) is 38.3 Å². The molecule has 0 atom stereocenters. The van der Waals surface area contributed by atoms with Crippen LogP contribution in [0.3, 0.4) is 0 Å². The van der Waals surface area contributed by atoms with Gasteiger partial charge in [-0.05, 0) is 35.0 Å². The number of fused-ring (bicyclic) bond motifs is 1. The van der Waals surface area contributed by atoms with Crippen LogP contribution in [-0.4, -0.2) is 6.09 Å². The Bertz CT molecular complexity index is 738. The van der Waals surface area contributed by atoms with E-state index >= 15 is 0 Å². The molecule has 3 aromatic rings. The first kappa shape index (κ1) is 12.2. The van der Waals surface area contributed by atoms with Crippen LogP contribution in [0.2, 0.25) is 0 Å². The average Bonchev–Trinajstić information content (AvgIpc) is 2.48. The summed E-state index contributed by atoms with van der Waals surface area (Å²) in [5.74, 6) is 0.400. The van der Waals surface area contributed by atoms with Gasteiger partial charge in [0.05, 0.1) is 0 Å². The lowest BCUT2D eigenvalue weighted by molar-refractivity contribution is 0.215. The Morgan fingerprint density at radius 1 is 0.950 bits per heavy atom. The molecule has 0 bridgehead atoms. The Kier molecular flexibility index (Phi) is 3.33. The second kappa shape index (κ2) is 5.45. The number of carbonyl (C=O) groups is 1. The molecule has 0 aliphatic carbocycles. The van der Waals surface area contributed by atoms with Crippen LogP contribution in [0, 0.1) is 6.07 Å². The smallest absolute Gasteiger partial charge is 0.409 e. The lowest BCUT2D eigenvalue weighted by atomic mass is 10.1. The second-order valence-electron chi connectivity index (χ2n) is 4.31. The highest BCUT2D eigenvalue weighted by molar-refractivity contribution is 5.88. The summed E-state index contributed by atoms with van der Waals surface area (Å²) in [6.07, 6.45) is -0.525. The molecule has 20 heavy (non-hydrogen) atoms. The van der Waals surface area contributed by atoms with Crippen molar-refractivity contribution in [1.29, 1.82) is 0 Å². The molecule has 0 fully saturated rings. The number of hydrogen-bond acceptors (Lipinski definition) is 2. The zero-order chi connectivity index (χ0) is 13.8. The van der Waals surface area contributed by atoms with Crippen molar-refractivity contribution in [2.24, 2.45) is 0 Å². The molecule has 0 spiro atoms. The van der Waals surface area contributed by atoms with Gasteiger partial charge in [-0.25, -0.2) is 4.79 Å². The zero-order valence-corrected chi connectivity index (χ0v) is 10.7. The lowest BCUT2D eigenvalue weighted by Gasteiger charge is -2.07. The van der Waals surface area contributed by atoms with Gasteiger partial charge in [-0.15, -0.1) is 0 Å². The summed E-state index contributed by atoms with van der Waals surface area (Å²) >= 11 is 0. The summed E-state index contributed by atoms with van der Waals surface area (Å²) in [6, 6.07) is 23.6. The van der Waals surface area contributed by atoms with Crippen LogP contribution in [0.5, 0.6) is 5.75 Å². The number of para-hydroxylation sites is 1. The van der Waals surface area contributed by atoms with Gasteiger partial charge in [0.15, 0.2) is 0 Å². The molecule has 0 saturated carbocycles. The van der Waals surface area contributed by atoms with E-state index in [1.54, 1.807) is 24.3 Å². The number of nitrogens with one attached hydrogen (secondary N) is 1. The Hall–Kier alpha value is -2.81. The summed E-state index contributed by atoms with van der Waals surface area (Å²) in [7, 11) is 0. The van der Waals surface area contributed by atoms with E-state index in [4.69, 9.17) is 4.74 Å². The molecule has 3 heteroatoms. The monoisotopic (exact) mass is 262 g/mol. The maximum atomic E-state index is 11.8. The van der Waals surface area contributed by atoms with E-state index in [1.807, 2.05) is 42.5 Å². The van der Waals surface area contributed by atoms with Crippen molar-refractivity contribution in [3.05, 3.63) is 72.8 Å². The van der Waals surface area contributed by atoms with Crippen LogP contribution in [0.4, 0.5) is 10.5 Å². The molecule has 1 N–H and O–H groups in total. The van der Waals surface area contributed by atoms with Gasteiger partial charge in [0.1, 0.15) is 5.75 Å². The summed E-state index contributed by atoms with van der Waals surface area (Å²) in [5.41, 5.74) is 0.693. The first-order valence-electron chi connectivity index (χ1n) is 6.26. The summed E-state index contributed by atoms with van der Waals surface area (Å²) < 4.78 is 5.22. The van der Waals surface area contributed by atoms with E-state index in [9.17, 15) is 4.79 Å². The van der Waals surface area contributed by atoms with E-state index in [1.165, 1.54) is 0 Å². The molecular formula is C17H12NO2. The number of hydrogen-bond donors (Lipinski definition) is 1. The van der Waals surface area contributed by atoms with Crippen molar-refractivity contribution in [3.63, 3.8) is 0 Å². The van der Waals surface area contributed by atoms with Gasteiger partial charge in [-0.2, -0.15) is 0 Å². The predicted octanol–water partition coefficient (Wildman–Crippen LogP) is 4.25. The fraction of sp³-hybridized carbons (Fsp3) is 0. The molecule has 1 radical (unpaired) electrons. The Morgan fingerprint density at radius 2 is 1.65 bits per heavy atom. The fourth-order valence-corrected chi connectivity index (χ4v) is 1.93. The molecule has 0 aromatic heterocycles. The summed E-state index contributed by atoms with van der Waals surface area (Å²) in [6.45, 7) is 0. The van der Waals surface area contributed by atoms with Crippen LogP contribution >= 0.6 is 0 Å². The Morgan fingerprint density at radius 3 is 2.45 bits per heavy atom. The third kappa shape index (κ3) is 2.78. The second-order valence-corrected chi connectivity index (χ2v) is 4.31. The van der Waals surface area contributed by atoms with Gasteiger partial charge in [-0.3, -0.25) is 5.32 Å². The van der Waals surface area contributed by atoms with Crippen LogP contribution in [0.1, 0.15) is 0 Å². The molecule has 0 heterocycles. The van der Waals surface area contributed by atoms with Gasteiger partial charge >= 0.3 is 6.09 Å². The number of benzene rings is 3. The molecule has 0 aliphatic heterocycles. The van der Waals surface area contributed by atoms with Crippen molar-refractivity contribution >= 4 is 22.6 Å². The van der Waals surface area contributed by atoms with Gasteiger partial charge in [0.2, 0.25) is 0 Å². The molecule has 97 valence electrons. The van der Waals surface area contributed by atoms with Gasteiger partial charge < -0.3 is 4.74 Å². The van der Waals surface area contributed by atoms with Gasteiger partial charge in [-0.1, -0.05) is 42.5 Å². The normalized spacial score (nSPS) is 10.2. The minimum Gasteiger partial charge on any atom is -0.409 e. The molecule has 0 saturated heterocycles. The third-order valence-electron chi connectivity index (χ3n) is 2.88. The highest BCUT2D eigenvalue weighted by Gasteiger charge is 2.05.